The molecule has 0 saturated carbocycles. The van der Waals surface area contributed by atoms with Crippen molar-refractivity contribution in [1.82, 2.24) is 0 Å². The molecule has 0 aliphatic rings. The zero-order valence-electron chi connectivity index (χ0n) is 40.1. The van der Waals surface area contributed by atoms with E-state index in [1.807, 2.05) is 0 Å². The predicted octanol–water partition coefficient (Wildman–Crippen LogP) is 17.2. The summed E-state index contributed by atoms with van der Waals surface area (Å²) in [6.07, 6.45) is 52.3. The molecule has 6 nitrogen and oxygen atoms in total. The monoisotopic (exact) mass is 835 g/mol. The van der Waals surface area contributed by atoms with Gasteiger partial charge in [-0.3, -0.25) is 14.4 Å². The average Bonchev–Trinajstić information content (AvgIpc) is 3.23. The first-order chi connectivity index (χ1) is 29.0. The van der Waals surface area contributed by atoms with Gasteiger partial charge in [-0.2, -0.15) is 0 Å². The highest BCUT2D eigenvalue weighted by Gasteiger charge is 2.19. The molecule has 350 valence electrons. The van der Waals surface area contributed by atoms with Crippen LogP contribution < -0.4 is 0 Å². The van der Waals surface area contributed by atoms with Gasteiger partial charge in [0.1, 0.15) is 13.2 Å². The van der Waals surface area contributed by atoms with Crippen molar-refractivity contribution in [1.29, 1.82) is 0 Å². The van der Waals surface area contributed by atoms with E-state index >= 15 is 0 Å². The maximum Gasteiger partial charge on any atom is 0.306 e. The van der Waals surface area contributed by atoms with Gasteiger partial charge in [-0.05, 0) is 19.3 Å². The second-order valence-electron chi connectivity index (χ2n) is 18.2. The Labute approximate surface area is 368 Å². The van der Waals surface area contributed by atoms with Crippen molar-refractivity contribution >= 4 is 17.9 Å². The van der Waals surface area contributed by atoms with Gasteiger partial charge in [0.25, 0.3) is 0 Å². The van der Waals surface area contributed by atoms with E-state index in [0.29, 0.717) is 19.3 Å². The van der Waals surface area contributed by atoms with Gasteiger partial charge in [0.2, 0.25) is 0 Å². The fourth-order valence-corrected chi connectivity index (χ4v) is 8.09. The quantitative estimate of drug-likeness (QED) is 0.0345. The van der Waals surface area contributed by atoms with Crippen LogP contribution in [-0.2, 0) is 28.6 Å². The lowest BCUT2D eigenvalue weighted by atomic mass is 10.0. The van der Waals surface area contributed by atoms with Crippen molar-refractivity contribution in [2.45, 2.75) is 309 Å². The number of esters is 3. The molecule has 0 radical (unpaired) electrons. The van der Waals surface area contributed by atoms with Gasteiger partial charge in [-0.1, -0.05) is 265 Å². The average molecular weight is 835 g/mol. The van der Waals surface area contributed by atoms with Crippen molar-refractivity contribution in [2.75, 3.05) is 13.2 Å². The summed E-state index contributed by atoms with van der Waals surface area (Å²) in [5.74, 6) is -0.842. The molecule has 0 aromatic rings. The summed E-state index contributed by atoms with van der Waals surface area (Å²) >= 11 is 0. The Hall–Kier alpha value is -1.59. The lowest BCUT2D eigenvalue weighted by molar-refractivity contribution is -0.167. The molecule has 0 bridgehead atoms. The molecule has 0 heterocycles. The van der Waals surface area contributed by atoms with Gasteiger partial charge in [0.15, 0.2) is 6.10 Å². The fraction of sp³-hybridized carbons (Fsp3) is 0.943. The first-order valence-electron chi connectivity index (χ1n) is 26.5. The van der Waals surface area contributed by atoms with Crippen LogP contribution in [0.3, 0.4) is 0 Å². The maximum atomic E-state index is 12.8. The summed E-state index contributed by atoms with van der Waals surface area (Å²) in [4.78, 5) is 37.9. The molecule has 0 saturated heterocycles. The molecule has 1 unspecified atom stereocenters. The summed E-state index contributed by atoms with van der Waals surface area (Å²) in [5, 5.41) is 0. The Bertz CT molecular complexity index is 874. The summed E-state index contributed by atoms with van der Waals surface area (Å²) < 4.78 is 16.8. The lowest BCUT2D eigenvalue weighted by Crippen LogP contribution is -2.30. The number of rotatable bonds is 49. The molecule has 0 N–H and O–H groups in total. The van der Waals surface area contributed by atoms with Crippen LogP contribution in [0.5, 0.6) is 0 Å². The molecule has 0 spiro atoms. The second-order valence-corrected chi connectivity index (χ2v) is 18.2. The summed E-state index contributed by atoms with van der Waals surface area (Å²) in [6.45, 7) is 6.67. The lowest BCUT2D eigenvalue weighted by Gasteiger charge is -2.18. The van der Waals surface area contributed by atoms with E-state index in [0.717, 1.165) is 57.8 Å². The van der Waals surface area contributed by atoms with Gasteiger partial charge < -0.3 is 14.2 Å². The highest BCUT2D eigenvalue weighted by Crippen LogP contribution is 2.17. The number of carbonyl (C=O) groups is 3. The van der Waals surface area contributed by atoms with Crippen molar-refractivity contribution in [3.05, 3.63) is 0 Å². The number of carbonyl (C=O) groups excluding carboxylic acids is 3. The Morgan fingerprint density at radius 3 is 0.678 bits per heavy atom. The minimum Gasteiger partial charge on any atom is -0.462 e. The van der Waals surface area contributed by atoms with Crippen molar-refractivity contribution in [2.24, 2.45) is 0 Å². The van der Waals surface area contributed by atoms with E-state index in [1.54, 1.807) is 0 Å². The molecular weight excluding hydrogens is 733 g/mol. The Morgan fingerprint density at radius 2 is 0.458 bits per heavy atom. The zero-order valence-corrected chi connectivity index (χ0v) is 40.1. The SMILES string of the molecule is CCCCCCCCCCCCCCCCCCC(=O)OCC(COC(=O)CCCCCCCCCCC)OC(=O)CCCCCCCCCCCCCCCCCC. The molecule has 0 aliphatic heterocycles. The summed E-state index contributed by atoms with van der Waals surface area (Å²) in [5.41, 5.74) is 0. The Morgan fingerprint density at radius 1 is 0.271 bits per heavy atom. The maximum absolute atomic E-state index is 12.8. The third kappa shape index (κ3) is 47.3. The minimum atomic E-state index is -0.759. The topological polar surface area (TPSA) is 78.9 Å². The van der Waals surface area contributed by atoms with E-state index < -0.39 is 6.10 Å². The molecular formula is C53H102O6. The molecule has 0 amide bonds. The van der Waals surface area contributed by atoms with Crippen LogP contribution in [0.2, 0.25) is 0 Å². The third-order valence-electron chi connectivity index (χ3n) is 12.1. The van der Waals surface area contributed by atoms with Crippen LogP contribution in [0.1, 0.15) is 303 Å². The van der Waals surface area contributed by atoms with Gasteiger partial charge in [0, 0.05) is 19.3 Å². The van der Waals surface area contributed by atoms with Gasteiger partial charge in [-0.25, -0.2) is 0 Å². The van der Waals surface area contributed by atoms with Crippen LogP contribution in [0.15, 0.2) is 0 Å². The fourth-order valence-electron chi connectivity index (χ4n) is 8.09. The molecule has 0 aromatic carbocycles. The molecule has 0 rings (SSSR count). The molecule has 1 atom stereocenters. The van der Waals surface area contributed by atoms with E-state index in [-0.39, 0.29) is 31.1 Å². The summed E-state index contributed by atoms with van der Waals surface area (Å²) in [7, 11) is 0. The second kappa shape index (κ2) is 49.1. The number of unbranched alkanes of at least 4 members (excludes halogenated alkanes) is 38. The molecule has 0 fully saturated rings. The van der Waals surface area contributed by atoms with Gasteiger partial charge in [0.05, 0.1) is 0 Å². The molecule has 59 heavy (non-hydrogen) atoms. The Kier molecular flexibility index (Phi) is 47.7. The predicted molar refractivity (Wildman–Crippen MR) is 252 cm³/mol. The number of ether oxygens (including phenoxy) is 3. The van der Waals surface area contributed by atoms with Crippen LogP contribution >= 0.6 is 0 Å². The van der Waals surface area contributed by atoms with Gasteiger partial charge in [-0.15, -0.1) is 0 Å². The minimum absolute atomic E-state index is 0.0618. The first-order valence-corrected chi connectivity index (χ1v) is 26.5. The molecule has 0 aliphatic carbocycles. The number of hydrogen-bond donors (Lipinski definition) is 0. The first kappa shape index (κ1) is 57.4. The molecule has 6 heteroatoms. The van der Waals surface area contributed by atoms with Crippen LogP contribution in [0.4, 0.5) is 0 Å². The van der Waals surface area contributed by atoms with Crippen molar-refractivity contribution in [3.63, 3.8) is 0 Å². The van der Waals surface area contributed by atoms with E-state index in [9.17, 15) is 14.4 Å². The van der Waals surface area contributed by atoms with Crippen LogP contribution in [0.25, 0.3) is 0 Å². The standard InChI is InChI=1S/C53H102O6/c1-4-7-10-13-16-19-21-23-25-27-29-31-34-37-40-43-46-52(55)58-49-50(48-57-51(54)45-42-39-36-33-18-15-12-9-6-3)59-53(56)47-44-41-38-35-32-30-28-26-24-22-20-17-14-11-8-5-2/h50H,4-49H2,1-3H3. The van der Waals surface area contributed by atoms with E-state index in [1.165, 1.54) is 205 Å². The van der Waals surface area contributed by atoms with Crippen molar-refractivity contribution < 1.29 is 28.6 Å². The van der Waals surface area contributed by atoms with Crippen molar-refractivity contribution in [3.8, 4) is 0 Å². The van der Waals surface area contributed by atoms with E-state index in [2.05, 4.69) is 20.8 Å². The van der Waals surface area contributed by atoms with E-state index in [4.69, 9.17) is 14.2 Å². The van der Waals surface area contributed by atoms with Crippen LogP contribution in [0, 0.1) is 0 Å². The zero-order chi connectivity index (χ0) is 43.0. The smallest absolute Gasteiger partial charge is 0.306 e. The highest BCUT2D eigenvalue weighted by molar-refractivity contribution is 5.71. The van der Waals surface area contributed by atoms with Gasteiger partial charge >= 0.3 is 17.9 Å². The normalized spacial score (nSPS) is 11.8. The number of hydrogen-bond acceptors (Lipinski definition) is 6. The van der Waals surface area contributed by atoms with Crippen LogP contribution in [-0.4, -0.2) is 37.2 Å². The summed E-state index contributed by atoms with van der Waals surface area (Å²) in [6, 6.07) is 0. The highest BCUT2D eigenvalue weighted by atomic mass is 16.6. The largest absolute Gasteiger partial charge is 0.462 e. The third-order valence-corrected chi connectivity index (χ3v) is 12.1. The molecule has 0 aromatic heterocycles. The Balaban J connectivity index is 4.24.